The molecule has 0 aliphatic heterocycles. The number of nitrogens with one attached hydrogen (secondary N) is 1. The molecule has 7 heteroatoms. The lowest BCUT2D eigenvalue weighted by Gasteiger charge is -2.20. The zero-order valence-electron chi connectivity index (χ0n) is 16.1. The minimum atomic E-state index is -5.09. The maximum Gasteiger partial charge on any atom is 0.404 e. The number of hydrogen-bond donors (Lipinski definition) is 1. The van der Waals surface area contributed by atoms with Gasteiger partial charge in [-0.15, -0.1) is 0 Å². The smallest absolute Gasteiger partial charge is 0.404 e. The van der Waals surface area contributed by atoms with E-state index in [0.717, 1.165) is 26.3 Å². The number of alkyl halides is 3. The predicted molar refractivity (Wildman–Crippen MR) is 94.2 cm³/mol. The summed E-state index contributed by atoms with van der Waals surface area (Å²) < 4.78 is 41.7. The molecule has 0 amide bonds. The van der Waals surface area contributed by atoms with Gasteiger partial charge in [-0.3, -0.25) is 0 Å². The van der Waals surface area contributed by atoms with Crippen molar-refractivity contribution < 1.29 is 27.8 Å². The number of halogens is 3. The number of carbonyl (C=O) groups is 1. The first-order valence-electron chi connectivity index (χ1n) is 9.68. The summed E-state index contributed by atoms with van der Waals surface area (Å²) in [6, 6.07) is 0. The Balaban J connectivity index is 3.67. The zero-order valence-corrected chi connectivity index (χ0v) is 16.1. The van der Waals surface area contributed by atoms with Crippen LogP contribution < -0.4 is 10.4 Å². The summed E-state index contributed by atoms with van der Waals surface area (Å²) in [4.78, 5) is 11.5. The van der Waals surface area contributed by atoms with Gasteiger partial charge in [-0.2, -0.15) is 13.2 Å². The Hall–Kier alpha value is -1.40. The van der Waals surface area contributed by atoms with Gasteiger partial charge in [0, 0.05) is 12.8 Å². The Morgan fingerprint density at radius 3 is 1.69 bits per heavy atom. The average molecular weight is 380 g/mol. The first-order valence-corrected chi connectivity index (χ1v) is 9.68. The van der Waals surface area contributed by atoms with Crippen molar-refractivity contribution in [2.24, 2.45) is 0 Å². The third-order valence-electron chi connectivity index (χ3n) is 4.17. The van der Waals surface area contributed by atoms with Crippen molar-refractivity contribution in [1.29, 1.82) is 0 Å². The summed E-state index contributed by atoms with van der Waals surface area (Å²) in [5, 5.41) is 13.0. The summed E-state index contributed by atoms with van der Waals surface area (Å²) >= 11 is 0. The van der Waals surface area contributed by atoms with Crippen molar-refractivity contribution in [1.82, 2.24) is 5.32 Å². The van der Waals surface area contributed by atoms with Crippen LogP contribution in [0.2, 0.25) is 0 Å². The highest BCUT2D eigenvalue weighted by Crippen LogP contribution is 2.23. The van der Waals surface area contributed by atoms with Crippen molar-refractivity contribution in [2.75, 3.05) is 13.7 Å². The lowest BCUT2D eigenvalue weighted by atomic mass is 10.1. The molecule has 0 aromatic heterocycles. The van der Waals surface area contributed by atoms with Crippen LogP contribution in [0.25, 0.3) is 0 Å². The number of rotatable bonds is 15. The van der Waals surface area contributed by atoms with E-state index in [1.54, 1.807) is 0 Å². The molecule has 1 N–H and O–H groups in total. The van der Waals surface area contributed by atoms with Gasteiger partial charge < -0.3 is 15.2 Å². The second-order valence-corrected chi connectivity index (χ2v) is 6.48. The number of esters is 1. The summed E-state index contributed by atoms with van der Waals surface area (Å²) in [7, 11) is 1.09. The van der Waals surface area contributed by atoms with Crippen LogP contribution in [0, 0.1) is 0 Å². The van der Waals surface area contributed by atoms with E-state index in [1.165, 1.54) is 51.4 Å². The lowest BCUT2D eigenvalue weighted by Crippen LogP contribution is -2.33. The van der Waals surface area contributed by atoms with E-state index >= 15 is 0 Å². The molecule has 0 aliphatic carbocycles. The molecule has 0 rings (SSSR count). The normalized spacial score (nSPS) is 12.7. The molecule has 0 unspecified atom stereocenters. The molecular weight excluding hydrogens is 347 g/mol. The minimum Gasteiger partial charge on any atom is -0.868 e. The van der Waals surface area contributed by atoms with Crippen molar-refractivity contribution in [3.05, 3.63) is 11.5 Å². The first-order chi connectivity index (χ1) is 12.3. The van der Waals surface area contributed by atoms with Crippen molar-refractivity contribution in [2.45, 2.75) is 90.1 Å². The highest BCUT2D eigenvalue weighted by Gasteiger charge is 2.31. The zero-order chi connectivity index (χ0) is 19.8. The fourth-order valence-corrected chi connectivity index (χ4v) is 2.63. The van der Waals surface area contributed by atoms with Gasteiger partial charge in [0.25, 0.3) is 0 Å². The molecule has 0 aromatic carbocycles. The van der Waals surface area contributed by atoms with Gasteiger partial charge in [0.05, 0.1) is 6.61 Å². The highest BCUT2D eigenvalue weighted by molar-refractivity contribution is 5.88. The largest absolute Gasteiger partial charge is 0.868 e. The molecule has 0 heterocycles. The van der Waals surface area contributed by atoms with E-state index in [-0.39, 0.29) is 6.61 Å². The van der Waals surface area contributed by atoms with Crippen LogP contribution in [0.3, 0.4) is 0 Å². The van der Waals surface area contributed by atoms with Crippen LogP contribution in [-0.4, -0.2) is 25.8 Å². The molecule has 26 heavy (non-hydrogen) atoms. The van der Waals surface area contributed by atoms with Crippen LogP contribution in [0.4, 0.5) is 13.2 Å². The average Bonchev–Trinajstić information content (AvgIpc) is 2.58. The van der Waals surface area contributed by atoms with Crippen LogP contribution in [0.15, 0.2) is 11.5 Å². The highest BCUT2D eigenvalue weighted by atomic mass is 19.4. The minimum absolute atomic E-state index is 0.0204. The molecule has 4 nitrogen and oxygen atoms in total. The Kier molecular flexibility index (Phi) is 13.9. The number of carbonyl (C=O) groups excluding carboxylic acids is 1. The third-order valence-corrected chi connectivity index (χ3v) is 4.17. The number of hydrogen-bond acceptors (Lipinski definition) is 4. The van der Waals surface area contributed by atoms with Crippen LogP contribution in [0.5, 0.6) is 0 Å². The predicted octanol–water partition coefficient (Wildman–Crippen LogP) is 4.58. The molecule has 0 saturated carbocycles. The van der Waals surface area contributed by atoms with E-state index in [4.69, 9.17) is 4.74 Å². The molecule has 0 spiro atoms. The number of unbranched alkanes of at least 4 members (excludes halogenated alkanes) is 11. The lowest BCUT2D eigenvalue weighted by molar-refractivity contribution is -0.362. The molecule has 0 atom stereocenters. The van der Waals surface area contributed by atoms with Crippen molar-refractivity contribution in [3.63, 3.8) is 0 Å². The van der Waals surface area contributed by atoms with Gasteiger partial charge in [0.2, 0.25) is 0 Å². The summed E-state index contributed by atoms with van der Waals surface area (Å²) in [5.74, 6) is -3.46. The Labute approximate surface area is 155 Å². The summed E-state index contributed by atoms with van der Waals surface area (Å²) in [6.45, 7) is 2.23. The van der Waals surface area contributed by atoms with Gasteiger partial charge in [0.15, 0.2) is 0 Å². The molecule has 0 bridgehead atoms. The second kappa shape index (κ2) is 14.7. The quantitative estimate of drug-likeness (QED) is 0.195. The first kappa shape index (κ1) is 24.6. The summed E-state index contributed by atoms with van der Waals surface area (Å²) in [5.41, 5.74) is -1.07. The Morgan fingerprint density at radius 2 is 1.31 bits per heavy atom. The molecule has 0 aliphatic rings. The SMILES string of the molecule is CCCCCCCCCCCCCCOC(=O)/C(NC)=C(\[O-])C(F)(F)F. The van der Waals surface area contributed by atoms with Crippen molar-refractivity contribution in [3.8, 4) is 0 Å². The fraction of sp³-hybridized carbons (Fsp3) is 0.842. The molecule has 0 aromatic rings. The molecular formula is C19H33F3NO3-. The Morgan fingerprint density at radius 1 is 0.885 bits per heavy atom. The van der Waals surface area contributed by atoms with E-state index in [9.17, 15) is 23.1 Å². The van der Waals surface area contributed by atoms with Gasteiger partial charge >= 0.3 is 12.1 Å². The van der Waals surface area contributed by atoms with E-state index < -0.39 is 23.6 Å². The van der Waals surface area contributed by atoms with Gasteiger partial charge in [-0.25, -0.2) is 4.79 Å². The van der Waals surface area contributed by atoms with Crippen molar-refractivity contribution >= 4 is 5.97 Å². The number of likely N-dealkylation sites (N-methyl/N-ethyl adjacent to an activating group) is 1. The number of ether oxygens (including phenoxy) is 1. The molecule has 0 radical (unpaired) electrons. The van der Waals surface area contributed by atoms with E-state index in [2.05, 4.69) is 6.92 Å². The molecule has 0 saturated heterocycles. The topological polar surface area (TPSA) is 61.4 Å². The Bertz CT molecular complexity index is 409. The van der Waals surface area contributed by atoms with Gasteiger partial charge in [-0.05, 0) is 6.42 Å². The van der Waals surface area contributed by atoms with Crippen LogP contribution in [-0.2, 0) is 9.53 Å². The van der Waals surface area contributed by atoms with Crippen LogP contribution >= 0.6 is 0 Å². The standard InChI is InChI=1S/C19H34F3NO3/c1-3-4-5-6-7-8-9-10-11-12-13-14-15-26-18(25)16(23-2)17(24)19(20,21)22/h23-24H,3-15H2,1-2H3/p-1/b17-16+. The van der Waals surface area contributed by atoms with E-state index in [0.29, 0.717) is 6.42 Å². The maximum absolute atomic E-state index is 12.3. The monoisotopic (exact) mass is 380 g/mol. The van der Waals surface area contributed by atoms with Gasteiger partial charge in [0.1, 0.15) is 5.70 Å². The van der Waals surface area contributed by atoms with Crippen LogP contribution in [0.1, 0.15) is 84.0 Å². The third kappa shape index (κ3) is 12.0. The summed E-state index contributed by atoms with van der Waals surface area (Å²) in [6.07, 6.45) is 8.71. The molecule has 154 valence electrons. The molecule has 0 fully saturated rings. The van der Waals surface area contributed by atoms with E-state index in [1.807, 2.05) is 5.32 Å². The number of allylic oxidation sites excluding steroid dienone is 1. The fourth-order valence-electron chi connectivity index (χ4n) is 2.63. The second-order valence-electron chi connectivity index (χ2n) is 6.48. The van der Waals surface area contributed by atoms with Gasteiger partial charge in [-0.1, -0.05) is 77.6 Å². The maximum atomic E-state index is 12.3.